The van der Waals surface area contributed by atoms with Gasteiger partial charge < -0.3 is 10.6 Å². The summed E-state index contributed by atoms with van der Waals surface area (Å²) in [5, 5.41) is 6.15. The van der Waals surface area contributed by atoms with Crippen LogP contribution in [0.15, 0.2) is 0 Å². The molecule has 0 aromatic carbocycles. The van der Waals surface area contributed by atoms with Gasteiger partial charge >= 0.3 is 6.18 Å². The second-order valence-corrected chi connectivity index (χ2v) is 6.39. The summed E-state index contributed by atoms with van der Waals surface area (Å²) in [7, 11) is 0. The highest BCUT2D eigenvalue weighted by molar-refractivity contribution is 5.79. The quantitative estimate of drug-likeness (QED) is 0.841. The molecule has 6 heteroatoms. The Hall–Kier alpha value is -0.780. The Morgan fingerprint density at radius 1 is 1.14 bits per heavy atom. The maximum Gasteiger partial charge on any atom is 0.392 e. The van der Waals surface area contributed by atoms with Gasteiger partial charge in [0.2, 0.25) is 5.91 Å². The SMILES string of the molecule is CC(NC(=O)C1CCCCC1C(F)(F)F)C1CCCCN1. The van der Waals surface area contributed by atoms with Crippen LogP contribution in [0.2, 0.25) is 0 Å². The summed E-state index contributed by atoms with van der Waals surface area (Å²) in [6, 6.07) is 0.0595. The Bertz CT molecular complexity index is 353. The number of hydrogen-bond acceptors (Lipinski definition) is 2. The third kappa shape index (κ3) is 4.34. The van der Waals surface area contributed by atoms with Crippen molar-refractivity contribution < 1.29 is 18.0 Å². The third-order valence-corrected chi connectivity index (χ3v) is 4.85. The molecule has 4 unspecified atom stereocenters. The van der Waals surface area contributed by atoms with Crippen molar-refractivity contribution in [1.29, 1.82) is 0 Å². The van der Waals surface area contributed by atoms with Crippen molar-refractivity contribution in [3.05, 3.63) is 0 Å². The minimum atomic E-state index is -4.27. The van der Waals surface area contributed by atoms with E-state index in [1.165, 1.54) is 0 Å². The molecule has 2 rings (SSSR count). The van der Waals surface area contributed by atoms with Crippen LogP contribution in [0.1, 0.15) is 51.9 Å². The Morgan fingerprint density at radius 2 is 1.81 bits per heavy atom. The molecule has 0 spiro atoms. The van der Waals surface area contributed by atoms with Gasteiger partial charge in [-0.3, -0.25) is 4.79 Å². The normalized spacial score (nSPS) is 32.5. The molecule has 0 bridgehead atoms. The van der Waals surface area contributed by atoms with E-state index in [1.807, 2.05) is 6.92 Å². The van der Waals surface area contributed by atoms with Gasteiger partial charge in [0.05, 0.1) is 5.92 Å². The molecule has 1 aliphatic carbocycles. The standard InChI is InChI=1S/C15H25F3N2O/c1-10(13-8-4-5-9-19-13)20-14(21)11-6-2-3-7-12(11)15(16,17)18/h10-13,19H,2-9H2,1H3,(H,20,21). The van der Waals surface area contributed by atoms with Gasteiger partial charge in [-0.15, -0.1) is 0 Å². The van der Waals surface area contributed by atoms with E-state index in [9.17, 15) is 18.0 Å². The Balaban J connectivity index is 1.93. The molecular weight excluding hydrogens is 281 g/mol. The van der Waals surface area contributed by atoms with Crippen molar-refractivity contribution in [3.8, 4) is 0 Å². The fraction of sp³-hybridized carbons (Fsp3) is 0.933. The summed E-state index contributed by atoms with van der Waals surface area (Å²) in [6.45, 7) is 2.80. The number of hydrogen-bond donors (Lipinski definition) is 2. The smallest absolute Gasteiger partial charge is 0.352 e. The fourth-order valence-corrected chi connectivity index (χ4v) is 3.57. The highest BCUT2D eigenvalue weighted by Gasteiger charge is 2.48. The van der Waals surface area contributed by atoms with Gasteiger partial charge in [0, 0.05) is 18.0 Å². The van der Waals surface area contributed by atoms with Crippen LogP contribution in [-0.4, -0.2) is 30.7 Å². The Labute approximate surface area is 124 Å². The average Bonchev–Trinajstić information content (AvgIpc) is 2.47. The predicted molar refractivity (Wildman–Crippen MR) is 74.7 cm³/mol. The van der Waals surface area contributed by atoms with Gasteiger partial charge in [-0.25, -0.2) is 0 Å². The first-order valence-corrected chi connectivity index (χ1v) is 8.00. The number of amides is 1. The number of halogens is 3. The molecule has 1 amide bonds. The van der Waals surface area contributed by atoms with Crippen LogP contribution < -0.4 is 10.6 Å². The average molecular weight is 306 g/mol. The van der Waals surface area contributed by atoms with Crippen LogP contribution in [0.4, 0.5) is 13.2 Å². The Morgan fingerprint density at radius 3 is 2.43 bits per heavy atom. The van der Waals surface area contributed by atoms with E-state index in [1.54, 1.807) is 0 Å². The van der Waals surface area contributed by atoms with Crippen molar-refractivity contribution in [1.82, 2.24) is 10.6 Å². The van der Waals surface area contributed by atoms with Crippen molar-refractivity contribution in [2.75, 3.05) is 6.54 Å². The molecule has 0 radical (unpaired) electrons. The lowest BCUT2D eigenvalue weighted by Gasteiger charge is -2.35. The van der Waals surface area contributed by atoms with Crippen molar-refractivity contribution >= 4 is 5.91 Å². The van der Waals surface area contributed by atoms with Crippen molar-refractivity contribution in [2.45, 2.75) is 70.1 Å². The predicted octanol–water partition coefficient (Wildman–Crippen LogP) is 3.00. The molecule has 1 saturated heterocycles. The summed E-state index contributed by atoms with van der Waals surface area (Å²) >= 11 is 0. The molecule has 1 heterocycles. The lowest BCUT2D eigenvalue weighted by molar-refractivity contribution is -0.198. The summed E-state index contributed by atoms with van der Waals surface area (Å²) in [6.07, 6.45) is 0.624. The van der Waals surface area contributed by atoms with E-state index in [0.717, 1.165) is 25.8 Å². The molecule has 1 aliphatic heterocycles. The second-order valence-electron chi connectivity index (χ2n) is 6.39. The van der Waals surface area contributed by atoms with E-state index in [2.05, 4.69) is 10.6 Å². The molecule has 1 saturated carbocycles. The number of rotatable bonds is 3. The van der Waals surface area contributed by atoms with Crippen molar-refractivity contribution in [2.24, 2.45) is 11.8 Å². The van der Waals surface area contributed by atoms with Crippen LogP contribution in [0, 0.1) is 11.8 Å². The number of nitrogens with one attached hydrogen (secondary N) is 2. The highest BCUT2D eigenvalue weighted by atomic mass is 19.4. The molecule has 2 aliphatic rings. The molecular formula is C15H25F3N2O. The molecule has 3 nitrogen and oxygen atoms in total. The summed E-state index contributed by atoms with van der Waals surface area (Å²) < 4.78 is 39.2. The van der Waals surface area contributed by atoms with E-state index >= 15 is 0 Å². The first-order chi connectivity index (χ1) is 9.89. The van der Waals surface area contributed by atoms with Gasteiger partial charge in [0.25, 0.3) is 0 Å². The van der Waals surface area contributed by atoms with Gasteiger partial charge in [-0.2, -0.15) is 13.2 Å². The van der Waals surface area contributed by atoms with Gasteiger partial charge in [-0.05, 0) is 39.2 Å². The summed E-state index contributed by atoms with van der Waals surface area (Å²) in [5.74, 6) is -2.81. The number of piperidine rings is 1. The maximum atomic E-state index is 13.1. The summed E-state index contributed by atoms with van der Waals surface area (Å²) in [5.41, 5.74) is 0. The largest absolute Gasteiger partial charge is 0.392 e. The number of carbonyl (C=O) groups is 1. The lowest BCUT2D eigenvalue weighted by atomic mass is 9.78. The zero-order chi connectivity index (χ0) is 15.5. The molecule has 0 aromatic heterocycles. The molecule has 2 fully saturated rings. The number of carbonyl (C=O) groups excluding carboxylic acids is 1. The fourth-order valence-electron chi connectivity index (χ4n) is 3.57. The van der Waals surface area contributed by atoms with Crippen LogP contribution >= 0.6 is 0 Å². The molecule has 122 valence electrons. The zero-order valence-electron chi connectivity index (χ0n) is 12.5. The summed E-state index contributed by atoms with van der Waals surface area (Å²) in [4.78, 5) is 12.3. The van der Waals surface area contributed by atoms with Gasteiger partial charge in [0.1, 0.15) is 0 Å². The molecule has 21 heavy (non-hydrogen) atoms. The first-order valence-electron chi connectivity index (χ1n) is 8.00. The number of alkyl halides is 3. The molecule has 2 N–H and O–H groups in total. The zero-order valence-corrected chi connectivity index (χ0v) is 12.5. The van der Waals surface area contributed by atoms with Crippen LogP contribution in [-0.2, 0) is 4.79 Å². The first kappa shape index (κ1) is 16.6. The third-order valence-electron chi connectivity index (χ3n) is 4.85. The maximum absolute atomic E-state index is 13.1. The second kappa shape index (κ2) is 6.99. The Kier molecular flexibility index (Phi) is 5.52. The van der Waals surface area contributed by atoms with Crippen LogP contribution in [0.25, 0.3) is 0 Å². The van der Waals surface area contributed by atoms with E-state index in [-0.39, 0.29) is 18.5 Å². The van der Waals surface area contributed by atoms with Crippen LogP contribution in [0.5, 0.6) is 0 Å². The van der Waals surface area contributed by atoms with Crippen molar-refractivity contribution in [3.63, 3.8) is 0 Å². The molecule has 4 atom stereocenters. The minimum absolute atomic E-state index is 0.0810. The van der Waals surface area contributed by atoms with Gasteiger partial charge in [0.15, 0.2) is 0 Å². The van der Waals surface area contributed by atoms with E-state index < -0.39 is 23.9 Å². The van der Waals surface area contributed by atoms with E-state index in [4.69, 9.17) is 0 Å². The lowest BCUT2D eigenvalue weighted by Crippen LogP contribution is -2.53. The van der Waals surface area contributed by atoms with Gasteiger partial charge in [-0.1, -0.05) is 19.3 Å². The minimum Gasteiger partial charge on any atom is -0.352 e. The molecule has 0 aromatic rings. The topological polar surface area (TPSA) is 41.1 Å². The van der Waals surface area contributed by atoms with E-state index in [0.29, 0.717) is 19.3 Å². The highest BCUT2D eigenvalue weighted by Crippen LogP contribution is 2.41. The monoisotopic (exact) mass is 306 g/mol. The van der Waals surface area contributed by atoms with Crippen LogP contribution in [0.3, 0.4) is 0 Å².